The second-order valence-electron chi connectivity index (χ2n) is 10.0. The van der Waals surface area contributed by atoms with Crippen LogP contribution in [0.2, 0.25) is 0 Å². The Labute approximate surface area is 212 Å². The zero-order valence-electron chi connectivity index (χ0n) is 21.5. The number of amides is 2. The highest BCUT2D eigenvalue weighted by atomic mass is 16.5. The van der Waals surface area contributed by atoms with E-state index in [1.54, 1.807) is 31.5 Å². The van der Waals surface area contributed by atoms with E-state index < -0.39 is 11.3 Å². The van der Waals surface area contributed by atoms with E-state index in [2.05, 4.69) is 5.32 Å². The van der Waals surface area contributed by atoms with Gasteiger partial charge in [-0.25, -0.2) is 0 Å². The lowest BCUT2D eigenvalue weighted by molar-refractivity contribution is 0.0776. The van der Waals surface area contributed by atoms with E-state index in [0.717, 1.165) is 42.0 Å². The van der Waals surface area contributed by atoms with Gasteiger partial charge in [0, 0.05) is 44.1 Å². The molecular formula is C29H35N3O4. The number of carbonyl (C=O) groups is 2. The van der Waals surface area contributed by atoms with Crippen molar-refractivity contribution in [3.8, 4) is 5.75 Å². The monoisotopic (exact) mass is 489 g/mol. The molecule has 1 N–H and O–H groups in total. The van der Waals surface area contributed by atoms with E-state index >= 15 is 0 Å². The summed E-state index contributed by atoms with van der Waals surface area (Å²) in [6.45, 7) is 4.76. The predicted octanol–water partition coefficient (Wildman–Crippen LogP) is 4.78. The summed E-state index contributed by atoms with van der Waals surface area (Å²) in [6.07, 6.45) is 7.37. The normalized spacial score (nSPS) is 13.8. The van der Waals surface area contributed by atoms with Gasteiger partial charge in [0.05, 0.1) is 7.11 Å². The second kappa shape index (κ2) is 11.0. The highest BCUT2D eigenvalue weighted by Gasteiger charge is 2.25. The number of rotatable bonds is 8. The molecule has 0 spiro atoms. The summed E-state index contributed by atoms with van der Waals surface area (Å²) in [7, 11) is 3.29. The number of methoxy groups -OCH3 is 1. The van der Waals surface area contributed by atoms with Crippen molar-refractivity contribution in [2.75, 3.05) is 20.7 Å². The maximum Gasteiger partial charge on any atom is 0.259 e. The van der Waals surface area contributed by atoms with Gasteiger partial charge in [0.1, 0.15) is 16.9 Å². The molecule has 0 saturated heterocycles. The fraction of sp³-hybridized carbons (Fsp3) is 0.414. The molecule has 1 heterocycles. The number of hydrogen-bond donors (Lipinski definition) is 1. The average Bonchev–Trinajstić information content (AvgIpc) is 3.41. The number of hydrogen-bond acceptors (Lipinski definition) is 4. The van der Waals surface area contributed by atoms with Crippen LogP contribution in [-0.4, -0.2) is 42.0 Å². The molecule has 1 aliphatic rings. The molecular weight excluding hydrogens is 454 g/mol. The molecule has 0 bridgehead atoms. The molecule has 190 valence electrons. The van der Waals surface area contributed by atoms with Crippen LogP contribution in [0.1, 0.15) is 71.9 Å². The highest BCUT2D eigenvalue weighted by Crippen LogP contribution is 2.30. The van der Waals surface area contributed by atoms with Crippen molar-refractivity contribution in [3.63, 3.8) is 0 Å². The average molecular weight is 490 g/mol. The van der Waals surface area contributed by atoms with Crippen molar-refractivity contribution in [2.45, 2.75) is 52.1 Å². The number of fused-ring (bicyclic) bond motifs is 1. The summed E-state index contributed by atoms with van der Waals surface area (Å²) in [6, 6.07) is 11.9. The minimum Gasteiger partial charge on any atom is -0.496 e. The SMILES string of the molecule is COc1ccc2ccccc2c1CNC(=O)c1cn(C2CCCC2)cc(C(=O)N(C)CC(C)C)c1=O. The number of nitrogens with zero attached hydrogens (tertiary/aromatic N) is 2. The Hall–Kier alpha value is -3.61. The molecule has 1 saturated carbocycles. The summed E-state index contributed by atoms with van der Waals surface area (Å²) in [4.78, 5) is 41.6. The van der Waals surface area contributed by atoms with Crippen LogP contribution in [0.4, 0.5) is 0 Å². The van der Waals surface area contributed by atoms with Gasteiger partial charge in [0.15, 0.2) is 0 Å². The fourth-order valence-corrected chi connectivity index (χ4v) is 5.11. The van der Waals surface area contributed by atoms with Gasteiger partial charge in [-0.3, -0.25) is 14.4 Å². The Kier molecular flexibility index (Phi) is 7.77. The van der Waals surface area contributed by atoms with E-state index in [4.69, 9.17) is 4.74 Å². The van der Waals surface area contributed by atoms with E-state index in [-0.39, 0.29) is 35.5 Å². The largest absolute Gasteiger partial charge is 0.496 e. The van der Waals surface area contributed by atoms with Gasteiger partial charge in [0.2, 0.25) is 5.43 Å². The molecule has 4 rings (SSSR count). The van der Waals surface area contributed by atoms with Crippen molar-refractivity contribution in [2.24, 2.45) is 5.92 Å². The molecule has 1 aliphatic carbocycles. The Morgan fingerprint density at radius 1 is 1.08 bits per heavy atom. The molecule has 3 aromatic rings. The first-order valence-electron chi connectivity index (χ1n) is 12.6. The lowest BCUT2D eigenvalue weighted by Gasteiger charge is -2.22. The third kappa shape index (κ3) is 5.30. The number of ether oxygens (including phenoxy) is 1. The van der Waals surface area contributed by atoms with E-state index in [1.165, 1.54) is 0 Å². The van der Waals surface area contributed by atoms with Gasteiger partial charge in [-0.05, 0) is 35.6 Å². The van der Waals surface area contributed by atoms with Gasteiger partial charge < -0.3 is 19.5 Å². The maximum atomic E-state index is 13.4. The molecule has 7 nitrogen and oxygen atoms in total. The third-order valence-electron chi connectivity index (χ3n) is 6.90. The summed E-state index contributed by atoms with van der Waals surface area (Å²) in [5, 5.41) is 4.92. The molecule has 0 radical (unpaired) electrons. The molecule has 2 aromatic carbocycles. The zero-order chi connectivity index (χ0) is 25.8. The first-order valence-corrected chi connectivity index (χ1v) is 12.6. The lowest BCUT2D eigenvalue weighted by Crippen LogP contribution is -2.37. The van der Waals surface area contributed by atoms with Gasteiger partial charge in [-0.15, -0.1) is 0 Å². The second-order valence-corrected chi connectivity index (χ2v) is 10.0. The Bertz CT molecular complexity index is 1320. The predicted molar refractivity (Wildman–Crippen MR) is 142 cm³/mol. The molecule has 0 unspecified atom stereocenters. The molecule has 7 heteroatoms. The quantitative estimate of drug-likeness (QED) is 0.494. The van der Waals surface area contributed by atoms with E-state index in [1.807, 2.05) is 54.8 Å². The molecule has 0 aliphatic heterocycles. The summed E-state index contributed by atoms with van der Waals surface area (Å²) in [5.74, 6) is 0.0727. The molecule has 2 amide bonds. The first kappa shape index (κ1) is 25.5. The van der Waals surface area contributed by atoms with Gasteiger partial charge >= 0.3 is 0 Å². The number of nitrogens with one attached hydrogen (secondary N) is 1. The number of pyridine rings is 1. The third-order valence-corrected chi connectivity index (χ3v) is 6.90. The van der Waals surface area contributed by atoms with Crippen molar-refractivity contribution in [1.29, 1.82) is 0 Å². The Balaban J connectivity index is 1.68. The molecule has 1 fully saturated rings. The topological polar surface area (TPSA) is 80.6 Å². The first-order chi connectivity index (χ1) is 17.3. The van der Waals surface area contributed by atoms with Crippen LogP contribution in [0, 0.1) is 5.92 Å². The maximum absolute atomic E-state index is 13.4. The van der Waals surface area contributed by atoms with Crippen LogP contribution >= 0.6 is 0 Å². The van der Waals surface area contributed by atoms with E-state index in [9.17, 15) is 14.4 Å². The zero-order valence-corrected chi connectivity index (χ0v) is 21.5. The molecule has 0 atom stereocenters. The van der Waals surface area contributed by atoms with Crippen molar-refractivity contribution in [1.82, 2.24) is 14.8 Å². The highest BCUT2D eigenvalue weighted by molar-refractivity contribution is 5.99. The van der Waals surface area contributed by atoms with Crippen molar-refractivity contribution < 1.29 is 14.3 Å². The lowest BCUT2D eigenvalue weighted by atomic mass is 10.0. The number of aromatic nitrogens is 1. The van der Waals surface area contributed by atoms with E-state index in [0.29, 0.717) is 12.3 Å². The van der Waals surface area contributed by atoms with Crippen molar-refractivity contribution in [3.05, 3.63) is 75.7 Å². The van der Waals surface area contributed by atoms with Crippen molar-refractivity contribution >= 4 is 22.6 Å². The van der Waals surface area contributed by atoms with Gasteiger partial charge in [0.25, 0.3) is 11.8 Å². The Morgan fingerprint density at radius 3 is 2.47 bits per heavy atom. The molecule has 36 heavy (non-hydrogen) atoms. The van der Waals surface area contributed by atoms with Crippen LogP contribution in [0.15, 0.2) is 53.6 Å². The number of carbonyl (C=O) groups excluding carboxylic acids is 2. The number of benzene rings is 2. The smallest absolute Gasteiger partial charge is 0.259 e. The van der Waals surface area contributed by atoms with Gasteiger partial charge in [-0.2, -0.15) is 0 Å². The fourth-order valence-electron chi connectivity index (χ4n) is 5.11. The Morgan fingerprint density at radius 2 is 1.78 bits per heavy atom. The van der Waals surface area contributed by atoms with Crippen LogP contribution in [0.25, 0.3) is 10.8 Å². The van der Waals surface area contributed by atoms with Crippen LogP contribution < -0.4 is 15.5 Å². The summed E-state index contributed by atoms with van der Waals surface area (Å²) < 4.78 is 7.44. The summed E-state index contributed by atoms with van der Waals surface area (Å²) >= 11 is 0. The minimum absolute atomic E-state index is 0.00935. The molecule has 1 aromatic heterocycles. The van der Waals surface area contributed by atoms with Crippen LogP contribution in [0.3, 0.4) is 0 Å². The van der Waals surface area contributed by atoms with Gasteiger partial charge in [-0.1, -0.05) is 57.0 Å². The van der Waals surface area contributed by atoms with Crippen LogP contribution in [-0.2, 0) is 6.54 Å². The summed E-state index contributed by atoms with van der Waals surface area (Å²) in [5.41, 5.74) is 0.335. The standard InChI is InChI=1S/C29H35N3O4/c1-19(2)16-31(3)29(35)25-18-32(21-10-6-7-11-21)17-24(27(25)33)28(34)30-15-23-22-12-8-5-9-20(22)13-14-26(23)36-4/h5,8-9,12-14,17-19,21H,6-7,10-11,15-16H2,1-4H3,(H,30,34). The minimum atomic E-state index is -0.535. The van der Waals surface area contributed by atoms with Crippen LogP contribution in [0.5, 0.6) is 5.75 Å².